The van der Waals surface area contributed by atoms with Crippen LogP contribution in [-0.4, -0.2) is 10.5 Å². The Labute approximate surface area is 83.1 Å². The standard InChI is InChI=1S/C7H10ClNOS2/c1-12(9,10)6-4-2-3-5(11)7(6)8/h2-4,11-12H,1H3,(H2,9,10). The van der Waals surface area contributed by atoms with Crippen LogP contribution < -0.4 is 5.14 Å². The maximum absolute atomic E-state index is 11.4. The normalized spacial score (nSPS) is 13.0. The van der Waals surface area contributed by atoms with Gasteiger partial charge in [0.1, 0.15) is 0 Å². The van der Waals surface area contributed by atoms with Crippen molar-refractivity contribution >= 4 is 34.3 Å². The van der Waals surface area contributed by atoms with E-state index in [-0.39, 0.29) is 0 Å². The SMILES string of the molecule is C[SH](N)(=O)c1cccc(S)c1Cl. The fourth-order valence-corrected chi connectivity index (χ4v) is 2.67. The van der Waals surface area contributed by atoms with Crippen LogP contribution in [0.5, 0.6) is 0 Å². The number of benzene rings is 1. The Balaban J connectivity index is 3.36. The van der Waals surface area contributed by atoms with Gasteiger partial charge in [-0.25, -0.2) is 0 Å². The van der Waals surface area contributed by atoms with Crippen molar-refractivity contribution in [2.45, 2.75) is 9.79 Å². The molecule has 0 heterocycles. The molecule has 1 rings (SSSR count). The molecule has 2 N–H and O–H groups in total. The van der Waals surface area contributed by atoms with Crippen LogP contribution in [0.1, 0.15) is 0 Å². The quantitative estimate of drug-likeness (QED) is 0.621. The van der Waals surface area contributed by atoms with Gasteiger partial charge in [-0.3, -0.25) is 9.35 Å². The lowest BCUT2D eigenvalue weighted by molar-refractivity contribution is 0.675. The summed E-state index contributed by atoms with van der Waals surface area (Å²) in [6.07, 6.45) is 1.47. The zero-order chi connectivity index (χ0) is 9.35. The Hall–Kier alpha value is -0.0300. The maximum Gasteiger partial charge on any atom is 0.0692 e. The van der Waals surface area contributed by atoms with Gasteiger partial charge in [0.05, 0.1) is 5.02 Å². The first-order valence-electron chi connectivity index (χ1n) is 3.27. The number of nitrogens with two attached hydrogens (primary N) is 1. The average molecular weight is 224 g/mol. The number of thiol groups is 2. The van der Waals surface area contributed by atoms with Gasteiger partial charge in [-0.05, 0) is 22.3 Å². The molecule has 2 nitrogen and oxygen atoms in total. The molecule has 0 radical (unpaired) electrons. The summed E-state index contributed by atoms with van der Waals surface area (Å²) < 4.78 is 11.4. The Morgan fingerprint density at radius 1 is 1.58 bits per heavy atom. The van der Waals surface area contributed by atoms with Gasteiger partial charge in [0.15, 0.2) is 0 Å². The van der Waals surface area contributed by atoms with Crippen molar-refractivity contribution in [3.05, 3.63) is 23.2 Å². The fraction of sp³-hybridized carbons (Fsp3) is 0.143. The molecule has 0 fully saturated rings. The predicted octanol–water partition coefficient (Wildman–Crippen LogP) is 1.51. The van der Waals surface area contributed by atoms with Gasteiger partial charge < -0.3 is 0 Å². The largest absolute Gasteiger partial charge is 0.270 e. The third-order valence-corrected chi connectivity index (χ3v) is 3.81. The Bertz CT molecular complexity index is 347. The summed E-state index contributed by atoms with van der Waals surface area (Å²) in [5.41, 5.74) is 0. The van der Waals surface area contributed by atoms with E-state index in [1.54, 1.807) is 18.2 Å². The van der Waals surface area contributed by atoms with Crippen LogP contribution in [0.4, 0.5) is 0 Å². The molecule has 0 aliphatic rings. The highest BCUT2D eigenvalue weighted by Gasteiger charge is 2.11. The second-order valence-corrected chi connectivity index (χ2v) is 5.92. The molecule has 0 amide bonds. The van der Waals surface area contributed by atoms with E-state index in [9.17, 15) is 4.21 Å². The Morgan fingerprint density at radius 3 is 2.58 bits per heavy atom. The predicted molar refractivity (Wildman–Crippen MR) is 56.6 cm³/mol. The average Bonchev–Trinajstić information content (AvgIpc) is 1.92. The maximum atomic E-state index is 11.4. The van der Waals surface area contributed by atoms with Gasteiger partial charge in [0, 0.05) is 16.0 Å². The molecule has 0 bridgehead atoms. The molecule has 0 saturated carbocycles. The highest BCUT2D eigenvalue weighted by atomic mass is 35.5. The van der Waals surface area contributed by atoms with Crippen LogP contribution in [0.2, 0.25) is 5.02 Å². The number of hydrogen-bond acceptors (Lipinski definition) is 2. The van der Waals surface area contributed by atoms with E-state index in [1.807, 2.05) is 0 Å². The van der Waals surface area contributed by atoms with E-state index in [2.05, 4.69) is 12.6 Å². The zero-order valence-corrected chi connectivity index (χ0v) is 9.03. The Kier molecular flexibility index (Phi) is 2.83. The van der Waals surface area contributed by atoms with E-state index in [4.69, 9.17) is 16.7 Å². The lowest BCUT2D eigenvalue weighted by atomic mass is 10.4. The molecule has 0 unspecified atom stereocenters. The van der Waals surface area contributed by atoms with Crippen LogP contribution in [0.15, 0.2) is 28.0 Å². The van der Waals surface area contributed by atoms with E-state index in [0.29, 0.717) is 14.8 Å². The van der Waals surface area contributed by atoms with Crippen LogP contribution in [0, 0.1) is 0 Å². The third kappa shape index (κ3) is 2.01. The van der Waals surface area contributed by atoms with Crippen LogP contribution >= 0.6 is 24.2 Å². The minimum Gasteiger partial charge on any atom is -0.270 e. The van der Waals surface area contributed by atoms with Gasteiger partial charge >= 0.3 is 0 Å². The lowest BCUT2D eigenvalue weighted by Gasteiger charge is -2.14. The van der Waals surface area contributed by atoms with Crippen molar-refractivity contribution in [2.24, 2.45) is 5.14 Å². The van der Waals surface area contributed by atoms with Gasteiger partial charge in [-0.15, -0.1) is 12.6 Å². The summed E-state index contributed by atoms with van der Waals surface area (Å²) >= 11 is 9.94. The first-order valence-corrected chi connectivity index (χ1v) is 6.32. The van der Waals surface area contributed by atoms with Crippen molar-refractivity contribution in [1.82, 2.24) is 0 Å². The summed E-state index contributed by atoms with van der Waals surface area (Å²) in [5.74, 6) is 0. The summed E-state index contributed by atoms with van der Waals surface area (Å²) in [5, 5.41) is 5.85. The molecule has 1 aromatic carbocycles. The lowest BCUT2D eigenvalue weighted by Crippen LogP contribution is -2.21. The van der Waals surface area contributed by atoms with E-state index >= 15 is 0 Å². The van der Waals surface area contributed by atoms with Gasteiger partial charge in [0.25, 0.3) is 0 Å². The molecule has 0 aliphatic heterocycles. The monoisotopic (exact) mass is 223 g/mol. The molecule has 1 aromatic rings. The van der Waals surface area contributed by atoms with E-state index in [1.165, 1.54) is 6.26 Å². The van der Waals surface area contributed by atoms with Crippen molar-refractivity contribution in [2.75, 3.05) is 6.26 Å². The van der Waals surface area contributed by atoms with Crippen molar-refractivity contribution < 1.29 is 4.21 Å². The zero-order valence-electron chi connectivity index (χ0n) is 6.49. The first kappa shape index (κ1) is 10.1. The summed E-state index contributed by atoms with van der Waals surface area (Å²) in [7, 11) is -2.76. The molecule has 0 spiro atoms. The molecular weight excluding hydrogens is 214 g/mol. The second kappa shape index (κ2) is 3.38. The topological polar surface area (TPSA) is 43.1 Å². The summed E-state index contributed by atoms with van der Waals surface area (Å²) in [6.45, 7) is 0. The molecule has 0 aliphatic carbocycles. The number of hydrogen-bond donors (Lipinski definition) is 3. The molecule has 0 aromatic heterocycles. The van der Waals surface area contributed by atoms with E-state index in [0.717, 1.165) is 0 Å². The number of halogens is 1. The van der Waals surface area contributed by atoms with Crippen molar-refractivity contribution in [3.8, 4) is 0 Å². The minimum absolute atomic E-state index is 0.383. The minimum atomic E-state index is -2.76. The molecule has 12 heavy (non-hydrogen) atoms. The first-order chi connectivity index (χ1) is 5.43. The van der Waals surface area contributed by atoms with Crippen LogP contribution in [0.3, 0.4) is 0 Å². The molecule has 68 valence electrons. The van der Waals surface area contributed by atoms with Gasteiger partial charge in [-0.2, -0.15) is 0 Å². The van der Waals surface area contributed by atoms with Crippen molar-refractivity contribution in [3.63, 3.8) is 0 Å². The second-order valence-electron chi connectivity index (χ2n) is 2.60. The summed E-state index contributed by atoms with van der Waals surface area (Å²) in [4.78, 5) is 1.08. The third-order valence-electron chi connectivity index (χ3n) is 1.44. The smallest absolute Gasteiger partial charge is 0.0692 e. The fourth-order valence-electron chi connectivity index (χ4n) is 0.851. The molecule has 0 atom stereocenters. The molecular formula is C7H10ClNOS2. The van der Waals surface area contributed by atoms with E-state index < -0.39 is 10.1 Å². The molecule has 5 heteroatoms. The highest BCUT2D eigenvalue weighted by Crippen LogP contribution is 2.28. The molecule has 0 saturated heterocycles. The number of rotatable bonds is 1. The van der Waals surface area contributed by atoms with Crippen LogP contribution in [0.25, 0.3) is 0 Å². The van der Waals surface area contributed by atoms with Gasteiger partial charge in [-0.1, -0.05) is 17.7 Å². The van der Waals surface area contributed by atoms with Crippen LogP contribution in [-0.2, 0) is 10.1 Å². The van der Waals surface area contributed by atoms with Gasteiger partial charge in [0.2, 0.25) is 0 Å². The Morgan fingerprint density at radius 2 is 2.17 bits per heavy atom. The van der Waals surface area contributed by atoms with Crippen molar-refractivity contribution in [1.29, 1.82) is 0 Å². The summed E-state index contributed by atoms with van der Waals surface area (Å²) in [6, 6.07) is 5.11. The highest BCUT2D eigenvalue weighted by molar-refractivity contribution is 8.00.